The van der Waals surface area contributed by atoms with Crippen molar-refractivity contribution in [2.45, 2.75) is 26.5 Å². The molecule has 1 aromatic rings. The predicted octanol–water partition coefficient (Wildman–Crippen LogP) is 1.02. The number of hydrogen-bond donors (Lipinski definition) is 2. The number of nitrogens with one attached hydrogen (secondary N) is 1. The number of carboxylic acid groups (broad SMARTS) is 1. The van der Waals surface area contributed by atoms with E-state index < -0.39 is 5.97 Å². The molecule has 0 fully saturated rings. The molecule has 6 heteroatoms. The second kappa shape index (κ2) is 6.05. The van der Waals surface area contributed by atoms with Crippen molar-refractivity contribution in [2.24, 2.45) is 0 Å². The van der Waals surface area contributed by atoms with E-state index >= 15 is 0 Å². The van der Waals surface area contributed by atoms with Crippen molar-refractivity contribution in [3.8, 4) is 0 Å². The summed E-state index contributed by atoms with van der Waals surface area (Å²) in [6.45, 7) is 3.79. The maximum Gasteiger partial charge on any atom is 0.371 e. The van der Waals surface area contributed by atoms with Crippen molar-refractivity contribution < 1.29 is 23.8 Å². The first-order valence-corrected chi connectivity index (χ1v) is 5.19. The number of amides is 1. The van der Waals surface area contributed by atoms with Gasteiger partial charge in [0.15, 0.2) is 0 Å². The van der Waals surface area contributed by atoms with Crippen LogP contribution in [0, 0.1) is 0 Å². The van der Waals surface area contributed by atoms with Gasteiger partial charge >= 0.3 is 5.97 Å². The smallest absolute Gasteiger partial charge is 0.371 e. The van der Waals surface area contributed by atoms with Crippen molar-refractivity contribution in [3.05, 3.63) is 23.7 Å². The van der Waals surface area contributed by atoms with Gasteiger partial charge in [0.05, 0.1) is 12.6 Å². The topological polar surface area (TPSA) is 88.8 Å². The second-order valence-electron chi connectivity index (χ2n) is 3.71. The van der Waals surface area contributed by atoms with Gasteiger partial charge in [0, 0.05) is 0 Å². The Kier molecular flexibility index (Phi) is 4.71. The zero-order valence-electron chi connectivity index (χ0n) is 9.73. The van der Waals surface area contributed by atoms with E-state index in [2.05, 4.69) is 5.32 Å². The molecule has 94 valence electrons. The zero-order chi connectivity index (χ0) is 12.8. The van der Waals surface area contributed by atoms with E-state index in [9.17, 15) is 9.59 Å². The largest absolute Gasteiger partial charge is 0.475 e. The molecule has 0 spiro atoms. The highest BCUT2D eigenvalue weighted by Crippen LogP contribution is 2.07. The second-order valence-corrected chi connectivity index (χ2v) is 3.71. The Balaban J connectivity index is 2.34. The summed E-state index contributed by atoms with van der Waals surface area (Å²) >= 11 is 0. The lowest BCUT2D eigenvalue weighted by molar-refractivity contribution is -0.127. The highest BCUT2D eigenvalue weighted by atomic mass is 16.5. The molecule has 0 aliphatic heterocycles. The van der Waals surface area contributed by atoms with Gasteiger partial charge < -0.3 is 19.6 Å². The molecule has 0 aromatic carbocycles. The molecule has 0 atom stereocenters. The normalized spacial score (nSPS) is 10.5. The summed E-state index contributed by atoms with van der Waals surface area (Å²) in [6.07, 6.45) is -0.0111. The van der Waals surface area contributed by atoms with Crippen molar-refractivity contribution in [1.29, 1.82) is 0 Å². The Bertz CT molecular complexity index is 396. The van der Waals surface area contributed by atoms with Crippen LogP contribution in [0.2, 0.25) is 0 Å². The molecular formula is C11H15NO5. The number of aromatic carboxylic acids is 1. The number of carboxylic acids is 1. The maximum atomic E-state index is 11.3. The molecule has 0 unspecified atom stereocenters. The quantitative estimate of drug-likeness (QED) is 0.776. The standard InChI is InChI=1S/C11H15NO5/c1-7(2)16-6-10(13)12-5-8-3-4-9(17-8)11(14)15/h3-4,7H,5-6H2,1-2H3,(H,12,13)(H,14,15). The van der Waals surface area contributed by atoms with E-state index in [0.717, 1.165) is 0 Å². The molecule has 0 radical (unpaired) electrons. The van der Waals surface area contributed by atoms with E-state index in [4.69, 9.17) is 14.3 Å². The summed E-state index contributed by atoms with van der Waals surface area (Å²) in [6, 6.07) is 2.85. The van der Waals surface area contributed by atoms with Crippen molar-refractivity contribution >= 4 is 11.9 Å². The van der Waals surface area contributed by atoms with Crippen LogP contribution in [0.15, 0.2) is 16.5 Å². The Morgan fingerprint density at radius 1 is 1.47 bits per heavy atom. The molecule has 0 saturated carbocycles. The summed E-state index contributed by atoms with van der Waals surface area (Å²) in [5, 5.41) is 11.2. The van der Waals surface area contributed by atoms with Crippen LogP contribution in [0.25, 0.3) is 0 Å². The summed E-state index contributed by atoms with van der Waals surface area (Å²) in [5.41, 5.74) is 0. The summed E-state index contributed by atoms with van der Waals surface area (Å²) in [5.74, 6) is -1.16. The molecule has 1 heterocycles. The van der Waals surface area contributed by atoms with Crippen LogP contribution in [0.3, 0.4) is 0 Å². The molecular weight excluding hydrogens is 226 g/mol. The minimum Gasteiger partial charge on any atom is -0.475 e. The molecule has 2 N–H and O–H groups in total. The summed E-state index contributed by atoms with van der Waals surface area (Å²) < 4.78 is 10.1. The molecule has 1 aromatic heterocycles. The highest BCUT2D eigenvalue weighted by Gasteiger charge is 2.09. The average Bonchev–Trinajstić information content (AvgIpc) is 2.72. The number of furan rings is 1. The first-order chi connectivity index (χ1) is 7.99. The van der Waals surface area contributed by atoms with Crippen LogP contribution >= 0.6 is 0 Å². The van der Waals surface area contributed by atoms with Crippen molar-refractivity contribution in [3.63, 3.8) is 0 Å². The SMILES string of the molecule is CC(C)OCC(=O)NCc1ccc(C(=O)O)o1. The number of carbonyl (C=O) groups excluding carboxylic acids is 1. The third-order valence-corrected chi connectivity index (χ3v) is 1.88. The van der Waals surface area contributed by atoms with E-state index in [1.807, 2.05) is 13.8 Å². The Morgan fingerprint density at radius 3 is 2.71 bits per heavy atom. The fraction of sp³-hybridized carbons (Fsp3) is 0.455. The number of carbonyl (C=O) groups is 2. The summed E-state index contributed by atoms with van der Waals surface area (Å²) in [7, 11) is 0. The van der Waals surface area contributed by atoms with Gasteiger partial charge in [-0.2, -0.15) is 0 Å². The lowest BCUT2D eigenvalue weighted by Gasteiger charge is -2.07. The molecule has 1 amide bonds. The fourth-order valence-corrected chi connectivity index (χ4v) is 1.07. The highest BCUT2D eigenvalue weighted by molar-refractivity contribution is 5.84. The van der Waals surface area contributed by atoms with Crippen molar-refractivity contribution in [2.75, 3.05) is 6.61 Å². The van der Waals surface area contributed by atoms with Crippen LogP contribution in [-0.4, -0.2) is 29.7 Å². The molecule has 17 heavy (non-hydrogen) atoms. The third-order valence-electron chi connectivity index (χ3n) is 1.88. The minimum atomic E-state index is -1.13. The van der Waals surface area contributed by atoms with E-state index in [1.165, 1.54) is 12.1 Å². The molecule has 0 bridgehead atoms. The first-order valence-electron chi connectivity index (χ1n) is 5.19. The molecule has 6 nitrogen and oxygen atoms in total. The minimum absolute atomic E-state index is 0.0111. The van der Waals surface area contributed by atoms with Crippen LogP contribution in [0.4, 0.5) is 0 Å². The number of rotatable bonds is 6. The predicted molar refractivity (Wildman–Crippen MR) is 58.6 cm³/mol. The van der Waals surface area contributed by atoms with E-state index in [-0.39, 0.29) is 30.9 Å². The van der Waals surface area contributed by atoms with Gasteiger partial charge in [0.1, 0.15) is 12.4 Å². The van der Waals surface area contributed by atoms with Gasteiger partial charge in [-0.15, -0.1) is 0 Å². The van der Waals surface area contributed by atoms with Crippen LogP contribution < -0.4 is 5.32 Å². The van der Waals surface area contributed by atoms with Crippen LogP contribution in [0.5, 0.6) is 0 Å². The molecule has 0 saturated heterocycles. The monoisotopic (exact) mass is 241 g/mol. The Morgan fingerprint density at radius 2 is 2.18 bits per heavy atom. The van der Waals surface area contributed by atoms with Crippen molar-refractivity contribution in [1.82, 2.24) is 5.32 Å². The zero-order valence-corrected chi connectivity index (χ0v) is 9.73. The molecule has 0 aliphatic rings. The van der Waals surface area contributed by atoms with E-state index in [1.54, 1.807) is 0 Å². The van der Waals surface area contributed by atoms with Gasteiger partial charge in [-0.25, -0.2) is 4.79 Å². The Labute approximate surface area is 98.6 Å². The summed E-state index contributed by atoms with van der Waals surface area (Å²) in [4.78, 5) is 21.8. The third kappa shape index (κ3) is 4.69. The van der Waals surface area contributed by atoms with Crippen LogP contribution in [-0.2, 0) is 16.1 Å². The number of hydrogen-bond acceptors (Lipinski definition) is 4. The van der Waals surface area contributed by atoms with Gasteiger partial charge in [-0.1, -0.05) is 0 Å². The Hall–Kier alpha value is -1.82. The van der Waals surface area contributed by atoms with Gasteiger partial charge in [-0.3, -0.25) is 4.79 Å². The van der Waals surface area contributed by atoms with E-state index in [0.29, 0.717) is 5.76 Å². The van der Waals surface area contributed by atoms with Crippen LogP contribution in [0.1, 0.15) is 30.2 Å². The average molecular weight is 241 g/mol. The van der Waals surface area contributed by atoms with Gasteiger partial charge in [-0.05, 0) is 26.0 Å². The number of ether oxygens (including phenoxy) is 1. The first kappa shape index (κ1) is 13.2. The molecule has 1 rings (SSSR count). The van der Waals surface area contributed by atoms with Gasteiger partial charge in [0.25, 0.3) is 0 Å². The molecule has 0 aliphatic carbocycles. The van der Waals surface area contributed by atoms with Gasteiger partial charge in [0.2, 0.25) is 11.7 Å². The fourth-order valence-electron chi connectivity index (χ4n) is 1.07. The maximum absolute atomic E-state index is 11.3. The lowest BCUT2D eigenvalue weighted by atomic mass is 10.4. The lowest BCUT2D eigenvalue weighted by Crippen LogP contribution is -2.28.